The molecule has 1 aromatic rings. The molecule has 0 spiro atoms. The van der Waals surface area contributed by atoms with Gasteiger partial charge in [-0.15, -0.1) is 0 Å². The van der Waals surface area contributed by atoms with E-state index in [0.29, 0.717) is 0 Å². The van der Waals surface area contributed by atoms with Crippen LogP contribution in [0, 0.1) is 5.92 Å². The van der Waals surface area contributed by atoms with Crippen LogP contribution in [0.15, 0.2) is 28.7 Å². The summed E-state index contributed by atoms with van der Waals surface area (Å²) in [6.07, 6.45) is 0.743. The topological polar surface area (TPSA) is 40.5 Å². The largest absolute Gasteiger partial charge is 0.481 e. The maximum atomic E-state index is 10.8. The van der Waals surface area contributed by atoms with Crippen LogP contribution in [0.1, 0.15) is 6.42 Å². The first-order chi connectivity index (χ1) is 7.11. The summed E-state index contributed by atoms with van der Waals surface area (Å²) in [7, 11) is 1.94. The summed E-state index contributed by atoms with van der Waals surface area (Å²) in [6, 6.07) is 7.99. The number of anilines is 1. The lowest BCUT2D eigenvalue weighted by molar-refractivity contribution is -0.138. The maximum Gasteiger partial charge on any atom is 0.308 e. The first-order valence-electron chi connectivity index (χ1n) is 4.81. The lowest BCUT2D eigenvalue weighted by atomic mass is 10.3. The van der Waals surface area contributed by atoms with Crippen LogP contribution in [0.3, 0.4) is 0 Å². The van der Waals surface area contributed by atoms with Crippen LogP contribution in [0.25, 0.3) is 0 Å². The van der Waals surface area contributed by atoms with Crippen LogP contribution in [-0.2, 0) is 4.79 Å². The zero-order chi connectivity index (χ0) is 11.0. The molecule has 80 valence electrons. The molecule has 0 amide bonds. The van der Waals surface area contributed by atoms with Crippen LogP contribution in [0.5, 0.6) is 0 Å². The summed E-state index contributed by atoms with van der Waals surface area (Å²) in [5.74, 6) is -0.902. The van der Waals surface area contributed by atoms with E-state index in [1.54, 1.807) is 0 Å². The van der Waals surface area contributed by atoms with E-state index in [0.717, 1.165) is 16.6 Å². The van der Waals surface area contributed by atoms with Gasteiger partial charge in [0.25, 0.3) is 0 Å². The minimum atomic E-state index is -0.695. The molecule has 0 aromatic heterocycles. The lowest BCUT2D eigenvalue weighted by Gasteiger charge is -2.20. The minimum Gasteiger partial charge on any atom is -0.481 e. The molecule has 0 radical (unpaired) electrons. The van der Waals surface area contributed by atoms with Crippen LogP contribution < -0.4 is 4.90 Å². The number of carboxylic acids is 1. The van der Waals surface area contributed by atoms with Crippen molar-refractivity contribution in [2.24, 2.45) is 5.92 Å². The molecule has 1 aromatic carbocycles. The molecule has 4 heteroatoms. The molecule has 1 saturated carbocycles. The molecule has 3 nitrogen and oxygen atoms in total. The third-order valence-electron chi connectivity index (χ3n) is 2.80. The number of aliphatic carboxylic acids is 1. The Balaban J connectivity index is 2.13. The predicted molar refractivity (Wildman–Crippen MR) is 62.1 cm³/mol. The molecule has 0 heterocycles. The second kappa shape index (κ2) is 3.85. The average Bonchev–Trinajstić information content (AvgIpc) is 2.97. The highest BCUT2D eigenvalue weighted by Gasteiger charge is 2.46. The van der Waals surface area contributed by atoms with Crippen molar-refractivity contribution in [1.82, 2.24) is 0 Å². The van der Waals surface area contributed by atoms with Crippen molar-refractivity contribution >= 4 is 27.6 Å². The molecule has 2 atom stereocenters. The summed E-state index contributed by atoms with van der Waals surface area (Å²) in [5.41, 5.74) is 1.05. The molecule has 0 aliphatic heterocycles. The van der Waals surface area contributed by atoms with Crippen LogP contribution >= 0.6 is 15.9 Å². The van der Waals surface area contributed by atoms with E-state index in [9.17, 15) is 4.79 Å². The molecular weight excluding hydrogens is 258 g/mol. The highest BCUT2D eigenvalue weighted by atomic mass is 79.9. The molecule has 1 fully saturated rings. The van der Waals surface area contributed by atoms with Crippen LogP contribution in [0.4, 0.5) is 5.69 Å². The number of carbonyl (C=O) groups is 1. The van der Waals surface area contributed by atoms with Crippen molar-refractivity contribution in [2.75, 3.05) is 11.9 Å². The number of para-hydroxylation sites is 1. The first-order valence-corrected chi connectivity index (χ1v) is 5.60. The predicted octanol–water partition coefficient (Wildman–Crippen LogP) is 2.36. The number of nitrogens with zero attached hydrogens (tertiary/aromatic N) is 1. The Morgan fingerprint density at radius 2 is 2.20 bits per heavy atom. The van der Waals surface area contributed by atoms with E-state index in [-0.39, 0.29) is 12.0 Å². The van der Waals surface area contributed by atoms with Gasteiger partial charge in [-0.3, -0.25) is 4.79 Å². The van der Waals surface area contributed by atoms with Crippen LogP contribution in [0.2, 0.25) is 0 Å². The van der Waals surface area contributed by atoms with Crippen molar-refractivity contribution in [3.63, 3.8) is 0 Å². The van der Waals surface area contributed by atoms with Crippen molar-refractivity contribution in [3.05, 3.63) is 28.7 Å². The van der Waals surface area contributed by atoms with Crippen molar-refractivity contribution in [2.45, 2.75) is 12.5 Å². The van der Waals surface area contributed by atoms with Gasteiger partial charge >= 0.3 is 5.97 Å². The minimum absolute atomic E-state index is 0.140. The molecular formula is C11H12BrNO2. The highest BCUT2D eigenvalue weighted by molar-refractivity contribution is 9.10. The third kappa shape index (κ3) is 2.00. The van der Waals surface area contributed by atoms with Gasteiger partial charge < -0.3 is 10.0 Å². The molecule has 15 heavy (non-hydrogen) atoms. The van der Waals surface area contributed by atoms with Gasteiger partial charge in [-0.2, -0.15) is 0 Å². The van der Waals surface area contributed by atoms with Gasteiger partial charge in [0.1, 0.15) is 0 Å². The Kier molecular flexibility index (Phi) is 2.69. The first kappa shape index (κ1) is 10.5. The number of hydrogen-bond donors (Lipinski definition) is 1. The van der Waals surface area contributed by atoms with E-state index in [1.807, 2.05) is 36.2 Å². The number of halogens is 1. The normalized spacial score (nSPS) is 23.6. The van der Waals surface area contributed by atoms with Gasteiger partial charge in [-0.25, -0.2) is 0 Å². The van der Waals surface area contributed by atoms with Gasteiger partial charge in [-0.05, 0) is 34.5 Å². The Labute approximate surface area is 96.8 Å². The standard InChI is InChI=1S/C11H12BrNO2/c1-13(10-6-7(10)11(14)15)9-5-3-2-4-8(9)12/h2-5,7,10H,6H2,1H3,(H,14,15). The number of rotatable bonds is 3. The fourth-order valence-corrected chi connectivity index (χ4v) is 2.36. The van der Waals surface area contributed by atoms with E-state index in [4.69, 9.17) is 5.11 Å². The Morgan fingerprint density at radius 1 is 1.53 bits per heavy atom. The van der Waals surface area contributed by atoms with Crippen molar-refractivity contribution in [1.29, 1.82) is 0 Å². The van der Waals surface area contributed by atoms with E-state index < -0.39 is 5.97 Å². The lowest BCUT2D eigenvalue weighted by Crippen LogP contribution is -2.23. The maximum absolute atomic E-state index is 10.8. The summed E-state index contributed by atoms with van der Waals surface area (Å²) >= 11 is 3.46. The highest BCUT2D eigenvalue weighted by Crippen LogP contribution is 2.39. The van der Waals surface area contributed by atoms with Gasteiger partial charge in [0.05, 0.1) is 11.6 Å². The molecule has 2 rings (SSSR count). The van der Waals surface area contributed by atoms with Crippen molar-refractivity contribution in [3.8, 4) is 0 Å². The molecule has 2 unspecified atom stereocenters. The number of carboxylic acid groups (broad SMARTS) is 1. The Morgan fingerprint density at radius 3 is 2.73 bits per heavy atom. The molecule has 0 bridgehead atoms. The monoisotopic (exact) mass is 269 g/mol. The zero-order valence-electron chi connectivity index (χ0n) is 8.35. The smallest absolute Gasteiger partial charge is 0.308 e. The fourth-order valence-electron chi connectivity index (χ4n) is 1.79. The van der Waals surface area contributed by atoms with Crippen molar-refractivity contribution < 1.29 is 9.90 Å². The molecule has 1 N–H and O–H groups in total. The van der Waals surface area contributed by atoms with E-state index in [2.05, 4.69) is 15.9 Å². The molecule has 1 aliphatic rings. The van der Waals surface area contributed by atoms with Gasteiger partial charge in [0, 0.05) is 17.6 Å². The zero-order valence-corrected chi connectivity index (χ0v) is 9.94. The Bertz CT molecular complexity index is 394. The van der Waals surface area contributed by atoms with Crippen LogP contribution in [-0.4, -0.2) is 24.2 Å². The summed E-state index contributed by atoms with van der Waals surface area (Å²) in [6.45, 7) is 0. The quantitative estimate of drug-likeness (QED) is 0.916. The fraction of sp³-hybridized carbons (Fsp3) is 0.364. The molecule has 1 aliphatic carbocycles. The van der Waals surface area contributed by atoms with Gasteiger partial charge in [0.15, 0.2) is 0 Å². The molecule has 0 saturated heterocycles. The second-order valence-electron chi connectivity index (χ2n) is 3.81. The number of hydrogen-bond acceptors (Lipinski definition) is 2. The van der Waals surface area contributed by atoms with Gasteiger partial charge in [-0.1, -0.05) is 12.1 Å². The van der Waals surface area contributed by atoms with Gasteiger partial charge in [0.2, 0.25) is 0 Å². The summed E-state index contributed by atoms with van der Waals surface area (Å²) < 4.78 is 1.00. The summed E-state index contributed by atoms with van der Waals surface area (Å²) in [4.78, 5) is 12.8. The SMILES string of the molecule is CN(c1ccccc1Br)C1CC1C(=O)O. The third-order valence-corrected chi connectivity index (χ3v) is 3.47. The van der Waals surface area contributed by atoms with E-state index >= 15 is 0 Å². The second-order valence-corrected chi connectivity index (χ2v) is 4.66. The summed E-state index contributed by atoms with van der Waals surface area (Å²) in [5, 5.41) is 8.85. The average molecular weight is 270 g/mol. The van der Waals surface area contributed by atoms with E-state index in [1.165, 1.54) is 0 Å². The number of benzene rings is 1. The Hall–Kier alpha value is -1.03.